The largest absolute Gasteiger partial charge is 0.463 e. The maximum atomic E-state index is 6.11. The maximum absolute atomic E-state index is 6.11. The Morgan fingerprint density at radius 1 is 1.17 bits per heavy atom. The Morgan fingerprint density at radius 2 is 2.00 bits per heavy atom. The Kier molecular flexibility index (Phi) is 5.14. The lowest BCUT2D eigenvalue weighted by molar-refractivity contribution is 0.285. The minimum Gasteiger partial charge on any atom is -0.463 e. The van der Waals surface area contributed by atoms with Gasteiger partial charge in [-0.15, -0.1) is 0 Å². The molecule has 0 atom stereocenters. The first-order valence-electron chi connectivity index (χ1n) is 8.77. The van der Waals surface area contributed by atoms with Crippen molar-refractivity contribution in [2.75, 3.05) is 12.3 Å². The van der Waals surface area contributed by atoms with Crippen molar-refractivity contribution in [2.45, 2.75) is 46.0 Å². The molecule has 0 saturated carbocycles. The molecule has 126 valence electrons. The number of unbranched alkanes of at least 4 members (excludes halogenated alkanes) is 1. The van der Waals surface area contributed by atoms with Gasteiger partial charge in [-0.05, 0) is 42.4 Å². The van der Waals surface area contributed by atoms with Crippen molar-refractivity contribution < 1.29 is 4.74 Å². The first-order valence-corrected chi connectivity index (χ1v) is 8.77. The smallest absolute Gasteiger partial charge is 0.318 e. The zero-order chi connectivity index (χ0) is 16.9. The average molecular weight is 323 g/mol. The van der Waals surface area contributed by atoms with Crippen LogP contribution in [0.15, 0.2) is 30.3 Å². The summed E-state index contributed by atoms with van der Waals surface area (Å²) in [5.41, 5.74) is 12.0. The zero-order valence-electron chi connectivity index (χ0n) is 14.5. The lowest BCUT2D eigenvalue weighted by Gasteiger charge is -2.11. The summed E-state index contributed by atoms with van der Waals surface area (Å²) < 4.78 is 5.66. The minimum atomic E-state index is 0.398. The van der Waals surface area contributed by atoms with Gasteiger partial charge >= 0.3 is 6.01 Å². The van der Waals surface area contributed by atoms with E-state index in [2.05, 4.69) is 54.2 Å². The highest BCUT2D eigenvalue weighted by Gasteiger charge is 2.21. The van der Waals surface area contributed by atoms with Gasteiger partial charge in [-0.1, -0.05) is 50.6 Å². The van der Waals surface area contributed by atoms with E-state index >= 15 is 0 Å². The van der Waals surface area contributed by atoms with Crippen LogP contribution < -0.4 is 10.5 Å². The SMILES string of the molecule is CCCCOc1nc(N)c2c(n1)C(Cc1cccc(CC)c1)=CC2. The Labute approximate surface area is 143 Å². The predicted octanol–water partition coefficient (Wildman–Crippen LogP) is 3.98. The zero-order valence-corrected chi connectivity index (χ0v) is 14.5. The number of fused-ring (bicyclic) bond motifs is 1. The Hall–Kier alpha value is -2.36. The van der Waals surface area contributed by atoms with E-state index in [9.17, 15) is 0 Å². The van der Waals surface area contributed by atoms with Crippen LogP contribution in [-0.4, -0.2) is 16.6 Å². The van der Waals surface area contributed by atoms with Gasteiger partial charge in [0.2, 0.25) is 0 Å². The quantitative estimate of drug-likeness (QED) is 0.783. The number of rotatable bonds is 7. The van der Waals surface area contributed by atoms with Crippen LogP contribution >= 0.6 is 0 Å². The maximum Gasteiger partial charge on any atom is 0.318 e. The van der Waals surface area contributed by atoms with Gasteiger partial charge in [0.15, 0.2) is 0 Å². The standard InChI is InChI=1S/C20H25N3O/c1-3-5-11-24-20-22-18-16(9-10-17(18)19(21)23-20)13-15-8-6-7-14(4-2)12-15/h6-9,12H,3-5,10-11,13H2,1-2H3,(H2,21,22,23). The third-order valence-corrected chi connectivity index (χ3v) is 4.40. The first kappa shape index (κ1) is 16.5. The van der Waals surface area contributed by atoms with Gasteiger partial charge < -0.3 is 10.5 Å². The van der Waals surface area contributed by atoms with Crippen molar-refractivity contribution in [3.05, 3.63) is 52.7 Å². The second-order valence-electron chi connectivity index (χ2n) is 6.20. The summed E-state index contributed by atoms with van der Waals surface area (Å²) in [7, 11) is 0. The third-order valence-electron chi connectivity index (χ3n) is 4.40. The molecule has 0 bridgehead atoms. The molecule has 1 aliphatic carbocycles. The second kappa shape index (κ2) is 7.47. The van der Waals surface area contributed by atoms with Gasteiger partial charge in [0.1, 0.15) is 5.82 Å². The molecule has 4 heteroatoms. The summed E-state index contributed by atoms with van der Waals surface area (Å²) >= 11 is 0. The Bertz CT molecular complexity index is 753. The molecule has 0 spiro atoms. The van der Waals surface area contributed by atoms with Crippen LogP contribution in [0.25, 0.3) is 5.57 Å². The predicted molar refractivity (Wildman–Crippen MR) is 98.1 cm³/mol. The van der Waals surface area contributed by atoms with Crippen LogP contribution in [-0.2, 0) is 19.3 Å². The number of aromatic nitrogens is 2. The van der Waals surface area contributed by atoms with Gasteiger partial charge in [0.05, 0.1) is 12.3 Å². The van der Waals surface area contributed by atoms with Crippen molar-refractivity contribution in [3.63, 3.8) is 0 Å². The van der Waals surface area contributed by atoms with E-state index in [0.717, 1.165) is 43.4 Å². The summed E-state index contributed by atoms with van der Waals surface area (Å²) in [5, 5.41) is 0. The molecule has 0 saturated heterocycles. The van der Waals surface area contributed by atoms with Crippen LogP contribution in [0.5, 0.6) is 6.01 Å². The molecule has 1 aromatic carbocycles. The fourth-order valence-corrected chi connectivity index (χ4v) is 2.98. The van der Waals surface area contributed by atoms with Crippen LogP contribution in [0.1, 0.15) is 49.1 Å². The number of nitrogens with zero attached hydrogens (tertiary/aromatic N) is 2. The highest BCUT2D eigenvalue weighted by atomic mass is 16.5. The molecule has 3 rings (SSSR count). The first-order chi connectivity index (χ1) is 11.7. The molecule has 2 N–H and O–H groups in total. The summed E-state index contributed by atoms with van der Waals surface area (Å²) in [6, 6.07) is 9.12. The van der Waals surface area contributed by atoms with Crippen molar-refractivity contribution >= 4 is 11.4 Å². The van der Waals surface area contributed by atoms with Gasteiger partial charge in [0.25, 0.3) is 0 Å². The van der Waals surface area contributed by atoms with Crippen LogP contribution in [0.3, 0.4) is 0 Å². The summed E-state index contributed by atoms with van der Waals surface area (Å²) in [6.45, 7) is 4.94. The van der Waals surface area contributed by atoms with Crippen molar-refractivity contribution in [1.29, 1.82) is 0 Å². The van der Waals surface area contributed by atoms with Crippen molar-refractivity contribution in [2.24, 2.45) is 0 Å². The van der Waals surface area contributed by atoms with Crippen molar-refractivity contribution in [1.82, 2.24) is 9.97 Å². The van der Waals surface area contributed by atoms with E-state index in [1.54, 1.807) is 0 Å². The van der Waals surface area contributed by atoms with Crippen molar-refractivity contribution in [3.8, 4) is 6.01 Å². The average Bonchev–Trinajstić information content (AvgIpc) is 2.99. The number of nitrogens with two attached hydrogens (primary N) is 1. The van der Waals surface area contributed by atoms with E-state index in [1.165, 1.54) is 16.7 Å². The van der Waals surface area contributed by atoms with Gasteiger partial charge in [0, 0.05) is 5.56 Å². The van der Waals surface area contributed by atoms with Gasteiger partial charge in [-0.2, -0.15) is 9.97 Å². The van der Waals surface area contributed by atoms with E-state index in [4.69, 9.17) is 10.5 Å². The third kappa shape index (κ3) is 3.58. The molecule has 0 amide bonds. The van der Waals surface area contributed by atoms with E-state index in [1.807, 2.05) is 0 Å². The van der Waals surface area contributed by atoms with E-state index in [-0.39, 0.29) is 0 Å². The van der Waals surface area contributed by atoms with Crippen LogP contribution in [0.2, 0.25) is 0 Å². The lowest BCUT2D eigenvalue weighted by atomic mass is 10.0. The monoisotopic (exact) mass is 323 g/mol. The number of ether oxygens (including phenoxy) is 1. The molecule has 1 aromatic heterocycles. The molecule has 1 aliphatic rings. The number of nitrogen functional groups attached to an aromatic ring is 1. The number of anilines is 1. The molecule has 1 heterocycles. The minimum absolute atomic E-state index is 0.398. The molecule has 0 unspecified atom stereocenters. The van der Waals surface area contributed by atoms with Crippen LogP contribution in [0, 0.1) is 0 Å². The van der Waals surface area contributed by atoms with E-state index in [0.29, 0.717) is 18.4 Å². The van der Waals surface area contributed by atoms with Gasteiger partial charge in [-0.25, -0.2) is 0 Å². The normalized spacial score (nSPS) is 12.8. The topological polar surface area (TPSA) is 61.0 Å². The molecular weight excluding hydrogens is 298 g/mol. The summed E-state index contributed by atoms with van der Waals surface area (Å²) in [5.74, 6) is 0.542. The molecule has 0 aliphatic heterocycles. The van der Waals surface area contributed by atoms with E-state index < -0.39 is 0 Å². The lowest BCUT2D eigenvalue weighted by Crippen LogP contribution is -2.07. The van der Waals surface area contributed by atoms with Crippen LogP contribution in [0.4, 0.5) is 5.82 Å². The molecular formula is C20H25N3O. The molecule has 24 heavy (non-hydrogen) atoms. The number of benzene rings is 1. The fraction of sp³-hybridized carbons (Fsp3) is 0.400. The summed E-state index contributed by atoms with van der Waals surface area (Å²) in [4.78, 5) is 8.92. The molecule has 0 radical (unpaired) electrons. The molecule has 2 aromatic rings. The highest BCUT2D eigenvalue weighted by Crippen LogP contribution is 2.32. The Morgan fingerprint density at radius 3 is 2.79 bits per heavy atom. The summed E-state index contributed by atoms with van der Waals surface area (Å²) in [6.07, 6.45) is 7.01. The molecule has 4 nitrogen and oxygen atoms in total. The highest BCUT2D eigenvalue weighted by molar-refractivity contribution is 5.75. The van der Waals surface area contributed by atoms with Gasteiger partial charge in [-0.3, -0.25) is 0 Å². The number of hydrogen-bond acceptors (Lipinski definition) is 4. The fourth-order valence-electron chi connectivity index (χ4n) is 2.98. The molecule has 0 fully saturated rings. The number of allylic oxidation sites excluding steroid dienone is 2. The second-order valence-corrected chi connectivity index (χ2v) is 6.20. The number of hydrogen-bond donors (Lipinski definition) is 1. The number of aryl methyl sites for hydroxylation is 1. The Balaban J connectivity index is 1.81.